The van der Waals surface area contributed by atoms with E-state index in [-0.39, 0.29) is 10.6 Å². The van der Waals surface area contributed by atoms with Crippen LogP contribution in [-0.4, -0.2) is 31.6 Å². The summed E-state index contributed by atoms with van der Waals surface area (Å²) in [6, 6.07) is 5.51. The summed E-state index contributed by atoms with van der Waals surface area (Å²) in [5.41, 5.74) is 1.94. The van der Waals surface area contributed by atoms with Crippen molar-refractivity contribution >= 4 is 11.4 Å². The zero-order valence-electron chi connectivity index (χ0n) is 12.3. The Bertz CT molecular complexity index is 468. The van der Waals surface area contributed by atoms with Gasteiger partial charge in [0, 0.05) is 19.2 Å². The minimum absolute atomic E-state index is 0.235. The third-order valence-corrected chi connectivity index (χ3v) is 4.09. The van der Waals surface area contributed by atoms with Crippen LogP contribution in [0, 0.1) is 23.0 Å². The van der Waals surface area contributed by atoms with Gasteiger partial charge in [-0.3, -0.25) is 10.1 Å². The van der Waals surface area contributed by atoms with E-state index in [2.05, 4.69) is 10.2 Å². The number of hydrogen-bond donors (Lipinski definition) is 1. The second-order valence-electron chi connectivity index (χ2n) is 5.57. The Morgan fingerprint density at radius 3 is 2.70 bits per heavy atom. The Hall–Kier alpha value is -1.62. The topological polar surface area (TPSA) is 58.4 Å². The predicted octanol–water partition coefficient (Wildman–Crippen LogP) is 2.73. The first kappa shape index (κ1) is 14.8. The summed E-state index contributed by atoms with van der Waals surface area (Å²) in [5.74, 6) is 0.739. The maximum atomic E-state index is 11.2. The first-order valence-electron chi connectivity index (χ1n) is 7.26. The van der Waals surface area contributed by atoms with Gasteiger partial charge < -0.3 is 10.2 Å². The largest absolute Gasteiger partial charge is 0.366 e. The molecule has 1 N–H and O–H groups in total. The molecular formula is C15H23N3O2. The van der Waals surface area contributed by atoms with E-state index in [1.165, 1.54) is 6.42 Å². The molecule has 0 bridgehead atoms. The SMILES string of the molecule is CNCCC1CCN(c2ccc(C)cc2[N+](=O)[O-])CC1. The fourth-order valence-corrected chi connectivity index (χ4v) is 2.86. The third-order valence-electron chi connectivity index (χ3n) is 4.09. The second kappa shape index (κ2) is 6.70. The molecule has 1 aromatic carbocycles. The van der Waals surface area contributed by atoms with Gasteiger partial charge in [-0.05, 0) is 57.3 Å². The number of hydrogen-bond acceptors (Lipinski definition) is 4. The molecule has 1 fully saturated rings. The molecule has 20 heavy (non-hydrogen) atoms. The van der Waals surface area contributed by atoms with Gasteiger partial charge in [-0.1, -0.05) is 6.07 Å². The molecule has 0 atom stereocenters. The summed E-state index contributed by atoms with van der Waals surface area (Å²) in [6.45, 7) is 4.77. The average molecular weight is 277 g/mol. The smallest absolute Gasteiger partial charge is 0.292 e. The van der Waals surface area contributed by atoms with Gasteiger partial charge in [-0.15, -0.1) is 0 Å². The number of aryl methyl sites for hydroxylation is 1. The molecule has 0 aromatic heterocycles. The Labute approximate surface area is 120 Å². The molecule has 0 saturated carbocycles. The van der Waals surface area contributed by atoms with Crippen molar-refractivity contribution in [2.24, 2.45) is 5.92 Å². The maximum absolute atomic E-state index is 11.2. The molecule has 0 aliphatic carbocycles. The fraction of sp³-hybridized carbons (Fsp3) is 0.600. The number of rotatable bonds is 5. The first-order chi connectivity index (χ1) is 9.61. The van der Waals surface area contributed by atoms with Crippen molar-refractivity contribution < 1.29 is 4.92 Å². The number of benzene rings is 1. The lowest BCUT2D eigenvalue weighted by Crippen LogP contribution is -2.34. The minimum atomic E-state index is -0.268. The summed E-state index contributed by atoms with van der Waals surface area (Å²) >= 11 is 0. The van der Waals surface area contributed by atoms with E-state index in [1.807, 2.05) is 26.1 Å². The summed E-state index contributed by atoms with van der Waals surface area (Å²) in [5, 5.41) is 14.4. The maximum Gasteiger partial charge on any atom is 0.292 e. The molecule has 0 amide bonds. The van der Waals surface area contributed by atoms with Crippen LogP contribution in [0.4, 0.5) is 11.4 Å². The molecule has 0 spiro atoms. The van der Waals surface area contributed by atoms with Gasteiger partial charge in [-0.2, -0.15) is 0 Å². The van der Waals surface area contributed by atoms with Gasteiger partial charge >= 0.3 is 0 Å². The van der Waals surface area contributed by atoms with Crippen molar-refractivity contribution in [3.8, 4) is 0 Å². The Morgan fingerprint density at radius 1 is 1.40 bits per heavy atom. The van der Waals surface area contributed by atoms with Crippen LogP contribution in [0.3, 0.4) is 0 Å². The van der Waals surface area contributed by atoms with Crippen LogP contribution in [0.1, 0.15) is 24.8 Å². The molecular weight excluding hydrogens is 254 g/mol. The molecule has 0 radical (unpaired) electrons. The molecule has 0 unspecified atom stereocenters. The van der Waals surface area contributed by atoms with Crippen LogP contribution >= 0.6 is 0 Å². The monoisotopic (exact) mass is 277 g/mol. The van der Waals surface area contributed by atoms with Crippen molar-refractivity contribution in [3.63, 3.8) is 0 Å². The molecule has 5 heteroatoms. The normalized spacial score (nSPS) is 16.4. The summed E-state index contributed by atoms with van der Waals surface area (Å²) < 4.78 is 0. The van der Waals surface area contributed by atoms with Gasteiger partial charge in [0.15, 0.2) is 0 Å². The molecule has 1 aromatic rings. The summed E-state index contributed by atoms with van der Waals surface area (Å²) in [6.07, 6.45) is 3.43. The molecule has 1 aliphatic rings. The molecule has 1 aliphatic heterocycles. The number of piperidine rings is 1. The van der Waals surface area contributed by atoms with Crippen LogP contribution in [0.25, 0.3) is 0 Å². The van der Waals surface area contributed by atoms with Gasteiger partial charge in [0.25, 0.3) is 5.69 Å². The van der Waals surface area contributed by atoms with Crippen molar-refractivity contribution in [3.05, 3.63) is 33.9 Å². The Kier molecular flexibility index (Phi) is 4.95. The predicted molar refractivity (Wildman–Crippen MR) is 81.3 cm³/mol. The number of nitrogens with one attached hydrogen (secondary N) is 1. The van der Waals surface area contributed by atoms with E-state index < -0.39 is 0 Å². The van der Waals surface area contributed by atoms with E-state index >= 15 is 0 Å². The number of anilines is 1. The average Bonchev–Trinajstić information content (AvgIpc) is 2.45. The molecule has 110 valence electrons. The van der Waals surface area contributed by atoms with Crippen LogP contribution in [0.5, 0.6) is 0 Å². The summed E-state index contributed by atoms with van der Waals surface area (Å²) in [4.78, 5) is 13.1. The third kappa shape index (κ3) is 3.48. The van der Waals surface area contributed by atoms with Crippen molar-refractivity contribution in [2.75, 3.05) is 31.6 Å². The number of nitro benzene ring substituents is 1. The van der Waals surface area contributed by atoms with E-state index in [4.69, 9.17) is 0 Å². The zero-order valence-corrected chi connectivity index (χ0v) is 12.3. The Morgan fingerprint density at radius 2 is 2.10 bits per heavy atom. The molecule has 1 heterocycles. The highest BCUT2D eigenvalue weighted by atomic mass is 16.6. The van der Waals surface area contributed by atoms with Gasteiger partial charge in [-0.25, -0.2) is 0 Å². The van der Waals surface area contributed by atoms with Crippen molar-refractivity contribution in [2.45, 2.75) is 26.2 Å². The van der Waals surface area contributed by atoms with Crippen LogP contribution in [0.15, 0.2) is 18.2 Å². The fourth-order valence-electron chi connectivity index (χ4n) is 2.86. The molecule has 1 saturated heterocycles. The van der Waals surface area contributed by atoms with Gasteiger partial charge in [0.2, 0.25) is 0 Å². The van der Waals surface area contributed by atoms with Crippen LogP contribution in [0.2, 0.25) is 0 Å². The Balaban J connectivity index is 2.05. The lowest BCUT2D eigenvalue weighted by Gasteiger charge is -2.33. The van der Waals surface area contributed by atoms with E-state index in [9.17, 15) is 10.1 Å². The highest BCUT2D eigenvalue weighted by Gasteiger charge is 2.24. The van der Waals surface area contributed by atoms with E-state index in [0.717, 1.165) is 49.6 Å². The minimum Gasteiger partial charge on any atom is -0.366 e. The molecule has 5 nitrogen and oxygen atoms in total. The van der Waals surface area contributed by atoms with Crippen LogP contribution < -0.4 is 10.2 Å². The van der Waals surface area contributed by atoms with Gasteiger partial charge in [0.05, 0.1) is 4.92 Å². The van der Waals surface area contributed by atoms with Crippen molar-refractivity contribution in [1.82, 2.24) is 5.32 Å². The first-order valence-corrected chi connectivity index (χ1v) is 7.26. The lowest BCUT2D eigenvalue weighted by molar-refractivity contribution is -0.384. The van der Waals surface area contributed by atoms with E-state index in [0.29, 0.717) is 0 Å². The highest BCUT2D eigenvalue weighted by molar-refractivity contribution is 5.64. The van der Waals surface area contributed by atoms with Crippen LogP contribution in [-0.2, 0) is 0 Å². The zero-order chi connectivity index (χ0) is 14.5. The molecule has 2 rings (SSSR count). The standard InChI is InChI=1S/C15H23N3O2/c1-12-3-4-14(15(11-12)18(19)20)17-9-6-13(7-10-17)5-8-16-2/h3-4,11,13,16H,5-10H2,1-2H3. The lowest BCUT2D eigenvalue weighted by atomic mass is 9.93. The second-order valence-corrected chi connectivity index (χ2v) is 5.57. The number of nitrogens with zero attached hydrogens (tertiary/aromatic N) is 2. The highest BCUT2D eigenvalue weighted by Crippen LogP contribution is 2.32. The number of nitro groups is 1. The van der Waals surface area contributed by atoms with Gasteiger partial charge in [0.1, 0.15) is 5.69 Å². The van der Waals surface area contributed by atoms with E-state index in [1.54, 1.807) is 6.07 Å². The quantitative estimate of drug-likeness (QED) is 0.664. The van der Waals surface area contributed by atoms with Crippen molar-refractivity contribution in [1.29, 1.82) is 0 Å². The summed E-state index contributed by atoms with van der Waals surface area (Å²) in [7, 11) is 1.98.